The molecule has 3 rings (SSSR count). The summed E-state index contributed by atoms with van der Waals surface area (Å²) in [5, 5.41) is 0.639. The van der Waals surface area contributed by atoms with Crippen molar-refractivity contribution in [1.29, 1.82) is 0 Å². The molecule has 1 amide bonds. The van der Waals surface area contributed by atoms with Crippen molar-refractivity contribution < 1.29 is 14.3 Å². The SMILES string of the molecule is COc1ccc(-c2cc(Cl)ccc2C2(N(C)C(=O)OC(C)(C)C)CC2)cn1. The van der Waals surface area contributed by atoms with Gasteiger partial charge in [0.05, 0.1) is 12.6 Å². The number of aromatic nitrogens is 1. The minimum absolute atomic E-state index is 0.325. The minimum Gasteiger partial charge on any atom is -0.481 e. The van der Waals surface area contributed by atoms with E-state index in [9.17, 15) is 4.79 Å². The van der Waals surface area contributed by atoms with E-state index in [1.165, 1.54) is 0 Å². The van der Waals surface area contributed by atoms with Crippen molar-refractivity contribution in [3.05, 3.63) is 47.1 Å². The zero-order valence-corrected chi connectivity index (χ0v) is 17.1. The van der Waals surface area contributed by atoms with Crippen LogP contribution in [0.15, 0.2) is 36.5 Å². The summed E-state index contributed by atoms with van der Waals surface area (Å²) in [6, 6.07) is 9.54. The molecule has 0 N–H and O–H groups in total. The second kappa shape index (κ2) is 7.04. The number of carbonyl (C=O) groups is 1. The van der Waals surface area contributed by atoms with Gasteiger partial charge < -0.3 is 14.4 Å². The Hall–Kier alpha value is -2.27. The monoisotopic (exact) mass is 388 g/mol. The van der Waals surface area contributed by atoms with E-state index in [4.69, 9.17) is 21.1 Å². The van der Waals surface area contributed by atoms with Gasteiger partial charge in [-0.1, -0.05) is 17.7 Å². The van der Waals surface area contributed by atoms with Gasteiger partial charge in [-0.3, -0.25) is 0 Å². The number of methoxy groups -OCH3 is 1. The number of hydrogen-bond acceptors (Lipinski definition) is 4. The predicted octanol–water partition coefficient (Wildman–Crippen LogP) is 5.27. The number of amides is 1. The summed E-state index contributed by atoms with van der Waals surface area (Å²) in [6.45, 7) is 5.61. The molecule has 5 nitrogen and oxygen atoms in total. The molecular formula is C21H25ClN2O3. The van der Waals surface area contributed by atoms with Gasteiger partial charge in [-0.15, -0.1) is 0 Å². The van der Waals surface area contributed by atoms with E-state index in [0.717, 1.165) is 29.5 Å². The van der Waals surface area contributed by atoms with Crippen LogP contribution < -0.4 is 4.74 Å². The molecule has 0 unspecified atom stereocenters. The number of benzene rings is 1. The van der Waals surface area contributed by atoms with Crippen LogP contribution in [0.2, 0.25) is 5.02 Å². The molecule has 1 aliphatic rings. The first-order chi connectivity index (χ1) is 12.7. The lowest BCUT2D eigenvalue weighted by atomic mass is 9.93. The lowest BCUT2D eigenvalue weighted by Gasteiger charge is -2.32. The topological polar surface area (TPSA) is 51.7 Å². The predicted molar refractivity (Wildman–Crippen MR) is 106 cm³/mol. The largest absolute Gasteiger partial charge is 0.481 e. The van der Waals surface area contributed by atoms with Gasteiger partial charge in [-0.25, -0.2) is 9.78 Å². The van der Waals surface area contributed by atoms with Gasteiger partial charge in [0.25, 0.3) is 0 Å². The maximum absolute atomic E-state index is 12.7. The van der Waals surface area contributed by atoms with E-state index >= 15 is 0 Å². The molecule has 0 atom stereocenters. The Labute approximate surface area is 165 Å². The van der Waals surface area contributed by atoms with E-state index in [0.29, 0.717) is 10.9 Å². The Bertz CT molecular complexity index is 839. The Balaban J connectivity index is 2.00. The summed E-state index contributed by atoms with van der Waals surface area (Å²) in [5.41, 5.74) is 2.02. The Morgan fingerprint density at radius 3 is 2.44 bits per heavy atom. The fraction of sp³-hybridized carbons (Fsp3) is 0.429. The second-order valence-corrected chi connectivity index (χ2v) is 8.29. The molecule has 1 aliphatic carbocycles. The van der Waals surface area contributed by atoms with Crippen molar-refractivity contribution in [1.82, 2.24) is 9.88 Å². The number of rotatable bonds is 4. The van der Waals surface area contributed by atoms with Crippen LogP contribution in [-0.2, 0) is 10.3 Å². The summed E-state index contributed by atoms with van der Waals surface area (Å²) in [4.78, 5) is 18.7. The molecule has 144 valence electrons. The van der Waals surface area contributed by atoms with Crippen LogP contribution in [0.1, 0.15) is 39.2 Å². The van der Waals surface area contributed by atoms with Gasteiger partial charge in [0.2, 0.25) is 5.88 Å². The zero-order valence-electron chi connectivity index (χ0n) is 16.4. The molecule has 1 saturated carbocycles. The van der Waals surface area contributed by atoms with Crippen molar-refractivity contribution >= 4 is 17.7 Å². The van der Waals surface area contributed by atoms with Gasteiger partial charge in [0.15, 0.2) is 0 Å². The number of ether oxygens (including phenoxy) is 2. The van der Waals surface area contributed by atoms with Gasteiger partial charge in [0, 0.05) is 29.9 Å². The summed E-state index contributed by atoms with van der Waals surface area (Å²) in [7, 11) is 3.38. The number of carbonyl (C=O) groups excluding carboxylic acids is 1. The van der Waals surface area contributed by atoms with Crippen LogP contribution >= 0.6 is 11.6 Å². The van der Waals surface area contributed by atoms with E-state index in [-0.39, 0.29) is 11.6 Å². The van der Waals surface area contributed by atoms with Crippen LogP contribution in [0.5, 0.6) is 5.88 Å². The molecule has 2 aromatic rings. The van der Waals surface area contributed by atoms with Gasteiger partial charge in [0.1, 0.15) is 5.60 Å². The lowest BCUT2D eigenvalue weighted by Crippen LogP contribution is -2.41. The van der Waals surface area contributed by atoms with Crippen LogP contribution in [0.4, 0.5) is 4.79 Å². The number of hydrogen-bond donors (Lipinski definition) is 0. The lowest BCUT2D eigenvalue weighted by molar-refractivity contribution is 0.0190. The highest BCUT2D eigenvalue weighted by atomic mass is 35.5. The molecule has 0 spiro atoms. The molecule has 1 aromatic carbocycles. The summed E-state index contributed by atoms with van der Waals surface area (Å²) < 4.78 is 10.7. The molecule has 27 heavy (non-hydrogen) atoms. The quantitative estimate of drug-likeness (QED) is 0.716. The fourth-order valence-electron chi connectivity index (χ4n) is 3.23. The standard InChI is InChI=1S/C21H25ClN2O3/c1-20(2,3)27-19(25)24(4)21(10-11-21)17-8-7-15(22)12-16(17)14-6-9-18(26-5)23-13-14/h6-9,12-13H,10-11H2,1-5H3. The maximum atomic E-state index is 12.7. The normalized spacial score (nSPS) is 15.2. The van der Waals surface area contributed by atoms with Crippen molar-refractivity contribution in [2.24, 2.45) is 0 Å². The van der Waals surface area contributed by atoms with Crippen LogP contribution in [0.25, 0.3) is 11.1 Å². The van der Waals surface area contributed by atoms with E-state index in [1.807, 2.05) is 51.1 Å². The van der Waals surface area contributed by atoms with Gasteiger partial charge in [-0.2, -0.15) is 0 Å². The Morgan fingerprint density at radius 2 is 1.93 bits per heavy atom. The van der Waals surface area contributed by atoms with E-state index in [1.54, 1.807) is 25.3 Å². The second-order valence-electron chi connectivity index (χ2n) is 7.85. The average molecular weight is 389 g/mol. The van der Waals surface area contributed by atoms with Crippen molar-refractivity contribution in [2.75, 3.05) is 14.2 Å². The molecule has 0 saturated heterocycles. The smallest absolute Gasteiger partial charge is 0.410 e. The third-order valence-corrected chi connectivity index (χ3v) is 5.01. The van der Waals surface area contributed by atoms with Crippen molar-refractivity contribution in [3.8, 4) is 17.0 Å². The van der Waals surface area contributed by atoms with Crippen LogP contribution in [0, 0.1) is 0 Å². The van der Waals surface area contributed by atoms with E-state index < -0.39 is 5.60 Å². The maximum Gasteiger partial charge on any atom is 0.410 e. The molecule has 1 heterocycles. The highest BCUT2D eigenvalue weighted by molar-refractivity contribution is 6.30. The molecule has 0 aliphatic heterocycles. The van der Waals surface area contributed by atoms with Crippen LogP contribution in [0.3, 0.4) is 0 Å². The molecule has 6 heteroatoms. The van der Waals surface area contributed by atoms with Gasteiger partial charge >= 0.3 is 6.09 Å². The Kier molecular flexibility index (Phi) is 5.08. The highest BCUT2D eigenvalue weighted by Gasteiger charge is 2.52. The van der Waals surface area contributed by atoms with Crippen molar-refractivity contribution in [3.63, 3.8) is 0 Å². The highest BCUT2D eigenvalue weighted by Crippen LogP contribution is 2.53. The third kappa shape index (κ3) is 4.03. The zero-order chi connectivity index (χ0) is 19.8. The molecule has 0 radical (unpaired) electrons. The first-order valence-corrected chi connectivity index (χ1v) is 9.31. The first kappa shape index (κ1) is 19.5. The fourth-order valence-corrected chi connectivity index (χ4v) is 3.40. The van der Waals surface area contributed by atoms with Gasteiger partial charge in [-0.05, 0) is 62.9 Å². The summed E-state index contributed by atoms with van der Waals surface area (Å²) >= 11 is 6.27. The summed E-state index contributed by atoms with van der Waals surface area (Å²) in [6.07, 6.45) is 3.19. The minimum atomic E-state index is -0.538. The first-order valence-electron chi connectivity index (χ1n) is 8.93. The average Bonchev–Trinajstić information content (AvgIpc) is 3.41. The molecule has 0 bridgehead atoms. The third-order valence-electron chi connectivity index (χ3n) is 4.77. The molecule has 1 fully saturated rings. The Morgan fingerprint density at radius 1 is 1.22 bits per heavy atom. The van der Waals surface area contributed by atoms with Crippen molar-refractivity contribution in [2.45, 2.75) is 44.8 Å². The number of nitrogens with zero attached hydrogens (tertiary/aromatic N) is 2. The summed E-state index contributed by atoms with van der Waals surface area (Å²) in [5.74, 6) is 0.550. The molecule has 1 aromatic heterocycles. The molecular weight excluding hydrogens is 364 g/mol. The number of halogens is 1. The van der Waals surface area contributed by atoms with E-state index in [2.05, 4.69) is 4.98 Å². The van der Waals surface area contributed by atoms with Crippen LogP contribution in [-0.4, -0.2) is 35.7 Å². The number of pyridine rings is 1.